The van der Waals surface area contributed by atoms with Crippen LogP contribution in [0.4, 0.5) is 4.79 Å². The molecular weight excluding hydrogens is 446 g/mol. The Bertz CT molecular complexity index is 949. The van der Waals surface area contributed by atoms with Gasteiger partial charge in [0.15, 0.2) is 0 Å². The maximum Gasteiger partial charge on any atom is 0.408 e. The summed E-state index contributed by atoms with van der Waals surface area (Å²) in [5.41, 5.74) is 1.89. The van der Waals surface area contributed by atoms with Gasteiger partial charge in [0.1, 0.15) is 24.4 Å². The highest BCUT2D eigenvalue weighted by Crippen LogP contribution is 2.12. The molecule has 0 radical (unpaired) electrons. The number of carbonyl (C=O) groups excluding carboxylic acids is 3. The zero-order valence-electron chi connectivity index (χ0n) is 21.0. The Hall–Kier alpha value is -3.55. The number of alkyl carbamates (subject to hydrolysis) is 1. The van der Waals surface area contributed by atoms with Crippen LogP contribution in [0.2, 0.25) is 0 Å². The van der Waals surface area contributed by atoms with Crippen molar-refractivity contribution in [1.29, 1.82) is 0 Å². The van der Waals surface area contributed by atoms with Crippen LogP contribution in [0.25, 0.3) is 0 Å². The number of ether oxygens (including phenoxy) is 2. The Balaban J connectivity index is 1.88. The van der Waals surface area contributed by atoms with Crippen LogP contribution in [-0.2, 0) is 27.4 Å². The molecule has 190 valence electrons. The van der Waals surface area contributed by atoms with Crippen molar-refractivity contribution in [3.63, 3.8) is 0 Å². The van der Waals surface area contributed by atoms with E-state index in [0.717, 1.165) is 16.9 Å². The van der Waals surface area contributed by atoms with Crippen LogP contribution >= 0.6 is 0 Å². The Morgan fingerprint density at radius 1 is 0.886 bits per heavy atom. The van der Waals surface area contributed by atoms with Crippen molar-refractivity contribution in [3.8, 4) is 5.75 Å². The van der Waals surface area contributed by atoms with E-state index in [0.29, 0.717) is 25.8 Å². The molecule has 0 fully saturated rings. The Labute approximate surface area is 207 Å². The number of carbonyl (C=O) groups is 3. The number of hydrogen-bond acceptors (Lipinski definition) is 5. The third-order valence-corrected chi connectivity index (χ3v) is 5.42. The molecule has 2 aromatic carbocycles. The average Bonchev–Trinajstić information content (AvgIpc) is 2.85. The van der Waals surface area contributed by atoms with Gasteiger partial charge in [-0.25, -0.2) is 4.79 Å². The Kier molecular flexibility index (Phi) is 11.6. The summed E-state index contributed by atoms with van der Waals surface area (Å²) < 4.78 is 10.5. The largest absolute Gasteiger partial charge is 0.497 e. The van der Waals surface area contributed by atoms with Gasteiger partial charge in [0.2, 0.25) is 11.8 Å². The smallest absolute Gasteiger partial charge is 0.408 e. The molecule has 0 aliphatic carbocycles. The maximum absolute atomic E-state index is 13.0. The molecule has 0 aromatic heterocycles. The molecule has 35 heavy (non-hydrogen) atoms. The van der Waals surface area contributed by atoms with Gasteiger partial charge in [-0.1, -0.05) is 63.2 Å². The van der Waals surface area contributed by atoms with Gasteiger partial charge in [-0.05, 0) is 48.4 Å². The van der Waals surface area contributed by atoms with Gasteiger partial charge >= 0.3 is 6.09 Å². The molecule has 0 spiro atoms. The lowest BCUT2D eigenvalue weighted by Gasteiger charge is -2.23. The second-order valence-corrected chi connectivity index (χ2v) is 8.75. The topological polar surface area (TPSA) is 106 Å². The molecule has 0 aliphatic heterocycles. The van der Waals surface area contributed by atoms with Crippen molar-refractivity contribution < 1.29 is 23.9 Å². The minimum Gasteiger partial charge on any atom is -0.497 e. The molecule has 2 rings (SSSR count). The van der Waals surface area contributed by atoms with E-state index in [-0.39, 0.29) is 18.4 Å². The van der Waals surface area contributed by atoms with E-state index in [1.54, 1.807) is 7.11 Å². The van der Waals surface area contributed by atoms with Gasteiger partial charge in [-0.3, -0.25) is 9.59 Å². The molecule has 2 aromatic rings. The summed E-state index contributed by atoms with van der Waals surface area (Å²) in [6, 6.07) is 15.4. The van der Waals surface area contributed by atoms with Crippen LogP contribution in [-0.4, -0.2) is 43.6 Å². The Morgan fingerprint density at radius 2 is 1.60 bits per heavy atom. The van der Waals surface area contributed by atoms with Gasteiger partial charge in [-0.2, -0.15) is 0 Å². The highest BCUT2D eigenvalue weighted by Gasteiger charge is 2.27. The third kappa shape index (κ3) is 10.1. The predicted octanol–water partition coefficient (Wildman–Crippen LogP) is 3.59. The molecule has 3 amide bonds. The third-order valence-electron chi connectivity index (χ3n) is 5.42. The maximum atomic E-state index is 13.0. The Morgan fingerprint density at radius 3 is 2.26 bits per heavy atom. The SMILES string of the molecule is CC[C@H](NC(=O)[C@H](CC(C)C)NC(=O)OCc1ccccc1)C(=O)NCCc1cccc(OC)c1. The number of rotatable bonds is 13. The number of hydrogen-bond donors (Lipinski definition) is 3. The molecule has 3 N–H and O–H groups in total. The lowest BCUT2D eigenvalue weighted by molar-refractivity contribution is -0.130. The molecule has 0 heterocycles. The second kappa shape index (κ2) is 14.7. The molecule has 0 saturated heterocycles. The summed E-state index contributed by atoms with van der Waals surface area (Å²) in [5, 5.41) is 8.30. The van der Waals surface area contributed by atoms with E-state index in [2.05, 4.69) is 16.0 Å². The summed E-state index contributed by atoms with van der Waals surface area (Å²) in [6.45, 7) is 6.28. The molecule has 0 unspecified atom stereocenters. The number of nitrogens with one attached hydrogen (secondary N) is 3. The molecule has 0 bridgehead atoms. The van der Waals surface area contributed by atoms with E-state index < -0.39 is 24.1 Å². The number of amides is 3. The first-order chi connectivity index (χ1) is 16.8. The zero-order chi connectivity index (χ0) is 25.6. The van der Waals surface area contributed by atoms with Crippen molar-refractivity contribution >= 4 is 17.9 Å². The van der Waals surface area contributed by atoms with E-state index in [9.17, 15) is 14.4 Å². The summed E-state index contributed by atoms with van der Waals surface area (Å²) in [7, 11) is 1.61. The van der Waals surface area contributed by atoms with Gasteiger partial charge in [0.25, 0.3) is 0 Å². The lowest BCUT2D eigenvalue weighted by Crippen LogP contribution is -2.54. The van der Waals surface area contributed by atoms with Crippen molar-refractivity contribution in [2.24, 2.45) is 5.92 Å². The lowest BCUT2D eigenvalue weighted by atomic mass is 10.0. The van der Waals surface area contributed by atoms with Crippen LogP contribution in [0.15, 0.2) is 54.6 Å². The van der Waals surface area contributed by atoms with Gasteiger partial charge in [0.05, 0.1) is 7.11 Å². The van der Waals surface area contributed by atoms with Crippen LogP contribution in [0.3, 0.4) is 0 Å². The van der Waals surface area contributed by atoms with Crippen LogP contribution in [0, 0.1) is 5.92 Å². The predicted molar refractivity (Wildman–Crippen MR) is 135 cm³/mol. The number of methoxy groups -OCH3 is 1. The van der Waals surface area contributed by atoms with Crippen LogP contribution < -0.4 is 20.7 Å². The summed E-state index contributed by atoms with van der Waals surface area (Å²) in [4.78, 5) is 38.0. The van der Waals surface area contributed by atoms with E-state index in [4.69, 9.17) is 9.47 Å². The molecule has 8 heteroatoms. The highest BCUT2D eigenvalue weighted by atomic mass is 16.5. The highest BCUT2D eigenvalue weighted by molar-refractivity contribution is 5.91. The standard InChI is InChI=1S/C27H37N3O5/c1-5-23(25(31)28-15-14-20-12-9-13-22(17-20)34-4)29-26(32)24(16-19(2)3)30-27(33)35-18-21-10-7-6-8-11-21/h6-13,17,19,23-24H,5,14-16,18H2,1-4H3,(H,28,31)(H,29,32)(H,30,33)/t23-,24-/m0/s1. The average molecular weight is 484 g/mol. The summed E-state index contributed by atoms with van der Waals surface area (Å²) in [6.07, 6.45) is 0.799. The molecule has 0 aliphatic rings. The van der Waals surface area contributed by atoms with E-state index in [1.165, 1.54) is 0 Å². The van der Waals surface area contributed by atoms with Gasteiger partial charge in [0, 0.05) is 6.54 Å². The first kappa shape index (κ1) is 27.7. The monoisotopic (exact) mass is 483 g/mol. The first-order valence-electron chi connectivity index (χ1n) is 12.0. The van der Waals surface area contributed by atoms with Gasteiger partial charge in [-0.15, -0.1) is 0 Å². The van der Waals surface area contributed by atoms with Crippen molar-refractivity contribution in [2.75, 3.05) is 13.7 Å². The van der Waals surface area contributed by atoms with Crippen molar-refractivity contribution in [2.45, 2.75) is 58.7 Å². The summed E-state index contributed by atoms with van der Waals surface area (Å²) in [5.74, 6) is 0.235. The van der Waals surface area contributed by atoms with Crippen LogP contribution in [0.5, 0.6) is 5.75 Å². The first-order valence-corrected chi connectivity index (χ1v) is 12.0. The fourth-order valence-corrected chi connectivity index (χ4v) is 3.52. The molecule has 8 nitrogen and oxygen atoms in total. The quantitative estimate of drug-likeness (QED) is 0.404. The van der Waals surface area contributed by atoms with Crippen molar-refractivity contribution in [1.82, 2.24) is 16.0 Å². The van der Waals surface area contributed by atoms with E-state index in [1.807, 2.05) is 75.4 Å². The molecule has 2 atom stereocenters. The fraction of sp³-hybridized carbons (Fsp3) is 0.444. The molecular formula is C27H37N3O5. The van der Waals surface area contributed by atoms with E-state index >= 15 is 0 Å². The fourth-order valence-electron chi connectivity index (χ4n) is 3.52. The zero-order valence-corrected chi connectivity index (χ0v) is 21.0. The minimum atomic E-state index is -0.808. The minimum absolute atomic E-state index is 0.107. The van der Waals surface area contributed by atoms with Gasteiger partial charge < -0.3 is 25.4 Å². The van der Waals surface area contributed by atoms with Crippen molar-refractivity contribution in [3.05, 3.63) is 65.7 Å². The summed E-state index contributed by atoms with van der Waals surface area (Å²) >= 11 is 0. The second-order valence-electron chi connectivity index (χ2n) is 8.75. The number of benzene rings is 2. The molecule has 0 saturated carbocycles. The van der Waals surface area contributed by atoms with Crippen LogP contribution in [0.1, 0.15) is 44.7 Å². The normalized spacial score (nSPS) is 12.4.